The van der Waals surface area contributed by atoms with Crippen LogP contribution in [-0.2, 0) is 11.2 Å². The van der Waals surface area contributed by atoms with Crippen molar-refractivity contribution in [3.8, 4) is 0 Å². The van der Waals surface area contributed by atoms with Gasteiger partial charge in [-0.1, -0.05) is 42.5 Å². The molecular weight excluding hydrogens is 402 g/mol. The van der Waals surface area contributed by atoms with Crippen molar-refractivity contribution < 1.29 is 19.1 Å². The first-order valence-electron chi connectivity index (χ1n) is 11.0. The van der Waals surface area contributed by atoms with Gasteiger partial charge in [-0.25, -0.2) is 4.79 Å². The molecule has 2 heterocycles. The highest BCUT2D eigenvalue weighted by molar-refractivity contribution is 6.10. The molecular formula is C27H21NO4. The number of ketones is 1. The van der Waals surface area contributed by atoms with Crippen molar-refractivity contribution in [2.75, 3.05) is 11.4 Å². The molecule has 32 heavy (non-hydrogen) atoms. The van der Waals surface area contributed by atoms with Gasteiger partial charge >= 0.3 is 5.97 Å². The van der Waals surface area contributed by atoms with Crippen LogP contribution in [0.25, 0.3) is 0 Å². The fourth-order valence-electron chi connectivity index (χ4n) is 5.28. The highest BCUT2D eigenvalue weighted by Crippen LogP contribution is 2.45. The van der Waals surface area contributed by atoms with Crippen LogP contribution in [0.5, 0.6) is 0 Å². The molecule has 2 unspecified atom stereocenters. The summed E-state index contributed by atoms with van der Waals surface area (Å²) in [5.41, 5.74) is 5.44. The van der Waals surface area contributed by atoms with E-state index in [1.807, 2.05) is 54.6 Å². The quantitative estimate of drug-likeness (QED) is 0.552. The van der Waals surface area contributed by atoms with E-state index in [1.165, 1.54) is 0 Å². The lowest BCUT2D eigenvalue weighted by Crippen LogP contribution is -2.30. The van der Waals surface area contributed by atoms with Crippen LogP contribution < -0.4 is 4.90 Å². The van der Waals surface area contributed by atoms with Gasteiger partial charge in [0.2, 0.25) is 0 Å². The SMILES string of the molecule is O=C1OC(c2ccccc2)Cc2cc(C(=O)N3CC4CCC(=O)c5cccc3c54)ccc21. The maximum absolute atomic E-state index is 13.5. The minimum absolute atomic E-state index is 0.0988. The molecule has 5 nitrogen and oxygen atoms in total. The van der Waals surface area contributed by atoms with Crippen LogP contribution in [0.3, 0.4) is 0 Å². The molecule has 0 aromatic heterocycles. The van der Waals surface area contributed by atoms with Crippen LogP contribution in [0.2, 0.25) is 0 Å². The van der Waals surface area contributed by atoms with Crippen molar-refractivity contribution in [3.05, 3.63) is 100 Å². The van der Waals surface area contributed by atoms with E-state index in [0.717, 1.165) is 34.4 Å². The molecule has 0 spiro atoms. The first-order chi connectivity index (χ1) is 15.6. The number of amides is 1. The summed E-state index contributed by atoms with van der Waals surface area (Å²) in [4.78, 5) is 40.2. The number of hydrogen-bond acceptors (Lipinski definition) is 4. The van der Waals surface area contributed by atoms with Crippen molar-refractivity contribution in [2.24, 2.45) is 0 Å². The Morgan fingerprint density at radius 2 is 1.78 bits per heavy atom. The molecule has 2 atom stereocenters. The number of carbonyl (C=O) groups excluding carboxylic acids is 3. The second kappa shape index (κ2) is 7.16. The number of nitrogens with zero attached hydrogens (tertiary/aromatic N) is 1. The minimum Gasteiger partial charge on any atom is -0.454 e. The van der Waals surface area contributed by atoms with Gasteiger partial charge in [-0.3, -0.25) is 9.59 Å². The van der Waals surface area contributed by atoms with Crippen LogP contribution in [-0.4, -0.2) is 24.2 Å². The maximum Gasteiger partial charge on any atom is 0.339 e. The molecule has 0 fully saturated rings. The number of rotatable bonds is 2. The molecule has 1 amide bonds. The number of ether oxygens (including phenoxy) is 1. The largest absolute Gasteiger partial charge is 0.454 e. The Morgan fingerprint density at radius 3 is 2.62 bits per heavy atom. The number of cyclic esters (lactones) is 1. The number of Topliss-reactive ketones (excluding diaryl/α,β-unsaturated/α-hetero) is 1. The molecule has 2 aliphatic heterocycles. The zero-order valence-corrected chi connectivity index (χ0v) is 17.4. The summed E-state index contributed by atoms with van der Waals surface area (Å²) in [5, 5.41) is 0. The number of anilines is 1. The lowest BCUT2D eigenvalue weighted by atomic mass is 9.83. The Morgan fingerprint density at radius 1 is 0.938 bits per heavy atom. The Hall–Kier alpha value is -3.73. The number of fused-ring (bicyclic) bond motifs is 1. The molecule has 158 valence electrons. The number of hydrogen-bond donors (Lipinski definition) is 0. The molecule has 3 aromatic rings. The first-order valence-corrected chi connectivity index (χ1v) is 11.0. The Kier molecular flexibility index (Phi) is 4.25. The van der Waals surface area contributed by atoms with Crippen LogP contribution in [0.4, 0.5) is 5.69 Å². The lowest BCUT2D eigenvalue weighted by Gasteiger charge is -2.26. The standard InChI is InChI=1S/C27H21NO4/c29-23-12-10-18-15-28(22-8-4-7-21(23)25(18)22)26(30)17-9-11-20-19(13-17)14-24(32-27(20)31)16-5-2-1-3-6-16/h1-9,11,13,18,24H,10,12,14-15H2. The third-order valence-corrected chi connectivity index (χ3v) is 6.85. The van der Waals surface area contributed by atoms with Crippen LogP contribution in [0, 0.1) is 0 Å². The van der Waals surface area contributed by atoms with Gasteiger partial charge in [0.25, 0.3) is 5.91 Å². The molecule has 3 aliphatic rings. The maximum atomic E-state index is 13.5. The molecule has 3 aromatic carbocycles. The normalized spacial score (nSPS) is 21.1. The van der Waals surface area contributed by atoms with Gasteiger partial charge < -0.3 is 9.64 Å². The fraction of sp³-hybridized carbons (Fsp3) is 0.222. The molecule has 0 saturated carbocycles. The van der Waals surface area contributed by atoms with Crippen molar-refractivity contribution >= 4 is 23.3 Å². The van der Waals surface area contributed by atoms with E-state index in [9.17, 15) is 14.4 Å². The molecule has 1 aliphatic carbocycles. The first kappa shape index (κ1) is 19.0. The third kappa shape index (κ3) is 2.88. The van der Waals surface area contributed by atoms with Gasteiger partial charge in [0, 0.05) is 42.1 Å². The van der Waals surface area contributed by atoms with Crippen LogP contribution in [0.1, 0.15) is 72.6 Å². The van der Waals surface area contributed by atoms with Crippen molar-refractivity contribution in [1.29, 1.82) is 0 Å². The summed E-state index contributed by atoms with van der Waals surface area (Å²) >= 11 is 0. The van der Waals surface area contributed by atoms with Gasteiger partial charge in [0.05, 0.1) is 5.56 Å². The summed E-state index contributed by atoms with van der Waals surface area (Å²) in [5.74, 6) is -0.0949. The van der Waals surface area contributed by atoms with Crippen LogP contribution >= 0.6 is 0 Å². The highest BCUT2D eigenvalue weighted by Gasteiger charge is 2.38. The molecule has 0 N–H and O–H groups in total. The fourth-order valence-corrected chi connectivity index (χ4v) is 5.28. The van der Waals surface area contributed by atoms with Gasteiger partial charge in [-0.05, 0) is 47.4 Å². The average molecular weight is 423 g/mol. The zero-order valence-electron chi connectivity index (χ0n) is 17.4. The topological polar surface area (TPSA) is 63.7 Å². The predicted molar refractivity (Wildman–Crippen MR) is 119 cm³/mol. The summed E-state index contributed by atoms with van der Waals surface area (Å²) < 4.78 is 5.64. The summed E-state index contributed by atoms with van der Waals surface area (Å²) in [6.45, 7) is 0.588. The van der Waals surface area contributed by atoms with Crippen molar-refractivity contribution in [3.63, 3.8) is 0 Å². The molecule has 0 bridgehead atoms. The van der Waals surface area contributed by atoms with Crippen molar-refractivity contribution in [2.45, 2.75) is 31.3 Å². The third-order valence-electron chi connectivity index (χ3n) is 6.85. The van der Waals surface area contributed by atoms with E-state index in [1.54, 1.807) is 17.0 Å². The number of esters is 1. The van der Waals surface area contributed by atoms with E-state index >= 15 is 0 Å². The summed E-state index contributed by atoms with van der Waals surface area (Å²) in [7, 11) is 0. The van der Waals surface area contributed by atoms with Gasteiger partial charge in [-0.2, -0.15) is 0 Å². The van der Waals surface area contributed by atoms with Crippen LogP contribution in [0.15, 0.2) is 66.7 Å². The van der Waals surface area contributed by atoms with E-state index < -0.39 is 0 Å². The summed E-state index contributed by atoms with van der Waals surface area (Å²) in [6, 6.07) is 20.5. The highest BCUT2D eigenvalue weighted by atomic mass is 16.5. The van der Waals surface area contributed by atoms with E-state index in [2.05, 4.69) is 0 Å². The second-order valence-electron chi connectivity index (χ2n) is 8.69. The Balaban J connectivity index is 1.34. The number of benzene rings is 3. The average Bonchev–Trinajstić information content (AvgIpc) is 3.21. The van der Waals surface area contributed by atoms with Gasteiger partial charge in [0.15, 0.2) is 5.78 Å². The Labute approximate surface area is 185 Å². The second-order valence-corrected chi connectivity index (χ2v) is 8.69. The predicted octanol–water partition coefficient (Wildman–Crippen LogP) is 4.86. The van der Waals surface area contributed by atoms with Crippen molar-refractivity contribution in [1.82, 2.24) is 0 Å². The van der Waals surface area contributed by atoms with E-state index in [0.29, 0.717) is 30.5 Å². The number of carbonyl (C=O) groups is 3. The molecule has 0 radical (unpaired) electrons. The summed E-state index contributed by atoms with van der Waals surface area (Å²) in [6.07, 6.45) is 1.48. The molecule has 6 rings (SSSR count). The minimum atomic E-state index is -0.361. The van der Waals surface area contributed by atoms with E-state index in [-0.39, 0.29) is 29.7 Å². The smallest absolute Gasteiger partial charge is 0.339 e. The van der Waals surface area contributed by atoms with E-state index in [4.69, 9.17) is 4.74 Å². The van der Waals surface area contributed by atoms with Gasteiger partial charge in [-0.15, -0.1) is 0 Å². The zero-order chi connectivity index (χ0) is 21.8. The molecule has 0 saturated heterocycles. The monoisotopic (exact) mass is 423 g/mol. The lowest BCUT2D eigenvalue weighted by molar-refractivity contribution is 0.0252. The Bertz CT molecular complexity index is 1280. The van der Waals surface area contributed by atoms with Gasteiger partial charge in [0.1, 0.15) is 6.10 Å². The molecule has 5 heteroatoms.